The second kappa shape index (κ2) is 4.41. The average molecular weight is 255 g/mol. The second-order valence-corrected chi connectivity index (χ2v) is 6.29. The van der Waals surface area contributed by atoms with Crippen molar-refractivity contribution in [1.29, 1.82) is 0 Å². The van der Waals surface area contributed by atoms with Crippen LogP contribution in [0.5, 0.6) is 0 Å². The topological polar surface area (TPSA) is 29.9 Å². The van der Waals surface area contributed by atoms with Gasteiger partial charge in [0.15, 0.2) is 0 Å². The minimum Gasteiger partial charge on any atom is -0.385 e. The molecule has 1 N–H and O–H groups in total. The molecule has 100 valence electrons. The molecule has 0 unspecified atom stereocenters. The quantitative estimate of drug-likeness (QED) is 0.845. The Morgan fingerprint density at radius 3 is 2.84 bits per heavy atom. The molecule has 0 atom stereocenters. The van der Waals surface area contributed by atoms with Crippen molar-refractivity contribution >= 4 is 5.69 Å². The van der Waals surface area contributed by atoms with Gasteiger partial charge in [-0.1, -0.05) is 20.8 Å². The monoisotopic (exact) mass is 255 g/mol. The maximum absolute atomic E-state index is 4.52. The van der Waals surface area contributed by atoms with E-state index >= 15 is 0 Å². The molecule has 2 heterocycles. The summed E-state index contributed by atoms with van der Waals surface area (Å²) in [7, 11) is 0. The van der Waals surface area contributed by atoms with Crippen LogP contribution in [-0.2, 0) is 11.8 Å². The molecule has 0 fully saturated rings. The van der Waals surface area contributed by atoms with E-state index in [1.165, 1.54) is 23.4 Å². The molecule has 0 saturated heterocycles. The molecule has 1 aromatic heterocycles. The van der Waals surface area contributed by atoms with Crippen molar-refractivity contribution in [3.05, 3.63) is 42.0 Å². The van der Waals surface area contributed by atoms with Crippen LogP contribution in [0, 0.1) is 0 Å². The largest absolute Gasteiger partial charge is 0.385 e. The minimum atomic E-state index is 0.0982. The lowest BCUT2D eigenvalue weighted by atomic mass is 9.93. The number of rotatable bonds is 1. The van der Waals surface area contributed by atoms with Gasteiger partial charge in [-0.05, 0) is 36.6 Å². The van der Waals surface area contributed by atoms with Gasteiger partial charge in [0, 0.05) is 29.5 Å². The van der Waals surface area contributed by atoms with E-state index in [9.17, 15) is 0 Å². The molecular formula is C16H21N3. The number of hydrogen-bond donors (Lipinski definition) is 1. The number of imidazole rings is 1. The van der Waals surface area contributed by atoms with Gasteiger partial charge in [0.25, 0.3) is 0 Å². The molecule has 1 aliphatic rings. The normalized spacial score (nSPS) is 14.9. The van der Waals surface area contributed by atoms with Crippen molar-refractivity contribution in [1.82, 2.24) is 9.55 Å². The van der Waals surface area contributed by atoms with E-state index in [2.05, 4.69) is 60.0 Å². The van der Waals surface area contributed by atoms with E-state index in [-0.39, 0.29) is 5.41 Å². The Morgan fingerprint density at radius 1 is 1.26 bits per heavy atom. The van der Waals surface area contributed by atoms with Gasteiger partial charge in [-0.15, -0.1) is 0 Å². The fraction of sp³-hybridized carbons (Fsp3) is 0.438. The predicted molar refractivity (Wildman–Crippen MR) is 79.1 cm³/mol. The molecule has 1 aliphatic heterocycles. The van der Waals surface area contributed by atoms with E-state index in [0.717, 1.165) is 18.7 Å². The van der Waals surface area contributed by atoms with Gasteiger partial charge in [0.1, 0.15) is 0 Å². The number of hydrogen-bond acceptors (Lipinski definition) is 2. The highest BCUT2D eigenvalue weighted by Crippen LogP contribution is 2.26. The molecule has 3 nitrogen and oxygen atoms in total. The highest BCUT2D eigenvalue weighted by atomic mass is 15.0. The van der Waals surface area contributed by atoms with Gasteiger partial charge in [-0.2, -0.15) is 0 Å². The Hall–Kier alpha value is -1.77. The molecule has 3 rings (SSSR count). The predicted octanol–water partition coefficient (Wildman–Crippen LogP) is 3.53. The molecule has 19 heavy (non-hydrogen) atoms. The molecule has 0 bridgehead atoms. The first-order valence-electron chi connectivity index (χ1n) is 6.96. The van der Waals surface area contributed by atoms with Gasteiger partial charge >= 0.3 is 0 Å². The van der Waals surface area contributed by atoms with Crippen LogP contribution in [-0.4, -0.2) is 16.1 Å². The number of benzene rings is 1. The number of fused-ring (bicyclic) bond motifs is 1. The van der Waals surface area contributed by atoms with Crippen LogP contribution in [0.15, 0.2) is 30.7 Å². The van der Waals surface area contributed by atoms with E-state index < -0.39 is 0 Å². The molecule has 3 heteroatoms. The number of aromatic nitrogens is 2. The first kappa shape index (κ1) is 12.3. The van der Waals surface area contributed by atoms with Crippen LogP contribution < -0.4 is 5.32 Å². The van der Waals surface area contributed by atoms with Gasteiger partial charge in [-0.25, -0.2) is 4.98 Å². The third-order valence-corrected chi connectivity index (χ3v) is 3.68. The van der Waals surface area contributed by atoms with Crippen molar-refractivity contribution in [2.75, 3.05) is 11.9 Å². The zero-order chi connectivity index (χ0) is 13.5. The number of aryl methyl sites for hydroxylation is 1. The molecule has 1 aromatic carbocycles. The Bertz CT molecular complexity index is 590. The van der Waals surface area contributed by atoms with E-state index in [1.807, 2.05) is 6.33 Å². The summed E-state index contributed by atoms with van der Waals surface area (Å²) in [6.07, 6.45) is 6.43. The molecule has 2 aromatic rings. The van der Waals surface area contributed by atoms with Crippen molar-refractivity contribution in [3.63, 3.8) is 0 Å². The highest BCUT2D eigenvalue weighted by molar-refractivity contribution is 5.57. The van der Waals surface area contributed by atoms with Crippen LogP contribution in [0.25, 0.3) is 5.69 Å². The summed E-state index contributed by atoms with van der Waals surface area (Å²) in [4.78, 5) is 4.52. The smallest absolute Gasteiger partial charge is 0.0995 e. The lowest BCUT2D eigenvalue weighted by Crippen LogP contribution is -2.12. The zero-order valence-corrected chi connectivity index (χ0v) is 11.9. The molecule has 0 aliphatic carbocycles. The van der Waals surface area contributed by atoms with Gasteiger partial charge < -0.3 is 9.88 Å². The van der Waals surface area contributed by atoms with Crippen LogP contribution in [0.3, 0.4) is 0 Å². The molecule has 0 amide bonds. The van der Waals surface area contributed by atoms with E-state index in [0.29, 0.717) is 0 Å². The maximum Gasteiger partial charge on any atom is 0.0995 e. The van der Waals surface area contributed by atoms with Crippen LogP contribution in [0.2, 0.25) is 0 Å². The van der Waals surface area contributed by atoms with Gasteiger partial charge in [-0.3, -0.25) is 0 Å². The fourth-order valence-corrected chi connectivity index (χ4v) is 2.47. The summed E-state index contributed by atoms with van der Waals surface area (Å²) in [5.74, 6) is 0. The zero-order valence-electron chi connectivity index (χ0n) is 11.9. The van der Waals surface area contributed by atoms with E-state index in [4.69, 9.17) is 0 Å². The van der Waals surface area contributed by atoms with Crippen LogP contribution in [0.1, 0.15) is 38.4 Å². The molecule has 0 spiro atoms. The number of nitrogens with zero attached hydrogens (tertiary/aromatic N) is 2. The van der Waals surface area contributed by atoms with Crippen LogP contribution >= 0.6 is 0 Å². The summed E-state index contributed by atoms with van der Waals surface area (Å²) >= 11 is 0. The fourth-order valence-electron chi connectivity index (χ4n) is 2.47. The van der Waals surface area contributed by atoms with Gasteiger partial charge in [0.05, 0.1) is 12.0 Å². The summed E-state index contributed by atoms with van der Waals surface area (Å²) in [5.41, 5.74) is 5.12. The third kappa shape index (κ3) is 2.37. The minimum absolute atomic E-state index is 0.0982. The van der Waals surface area contributed by atoms with E-state index in [1.54, 1.807) is 0 Å². The Kier molecular flexibility index (Phi) is 2.85. The number of anilines is 1. The highest BCUT2D eigenvalue weighted by Gasteiger charge is 2.17. The van der Waals surface area contributed by atoms with Crippen LogP contribution in [0.4, 0.5) is 5.69 Å². The Labute approximate surface area is 114 Å². The third-order valence-electron chi connectivity index (χ3n) is 3.68. The Balaban J connectivity index is 1.96. The first-order chi connectivity index (χ1) is 9.04. The second-order valence-electron chi connectivity index (χ2n) is 6.29. The van der Waals surface area contributed by atoms with Crippen molar-refractivity contribution in [2.24, 2.45) is 0 Å². The molecule has 0 radical (unpaired) electrons. The Morgan fingerprint density at radius 2 is 2.11 bits per heavy atom. The lowest BCUT2D eigenvalue weighted by molar-refractivity contribution is 0.572. The van der Waals surface area contributed by atoms with Crippen molar-refractivity contribution in [3.8, 4) is 5.69 Å². The first-order valence-corrected chi connectivity index (χ1v) is 6.96. The van der Waals surface area contributed by atoms with Crippen molar-refractivity contribution < 1.29 is 0 Å². The summed E-state index contributed by atoms with van der Waals surface area (Å²) in [6, 6.07) is 6.61. The summed E-state index contributed by atoms with van der Waals surface area (Å²) < 4.78 is 2.12. The van der Waals surface area contributed by atoms with Crippen molar-refractivity contribution in [2.45, 2.75) is 39.0 Å². The lowest BCUT2D eigenvalue weighted by Gasteiger charge is -2.19. The summed E-state index contributed by atoms with van der Waals surface area (Å²) in [5, 5.41) is 3.45. The average Bonchev–Trinajstić information content (AvgIpc) is 2.87. The standard InChI is InChI=1S/C16H21N3/c1-16(2,3)15-10-19(11-18-15)13-6-7-14-12(9-13)5-4-8-17-14/h6-7,9-11,17H,4-5,8H2,1-3H3. The summed E-state index contributed by atoms with van der Waals surface area (Å²) in [6.45, 7) is 7.66. The SMILES string of the molecule is CC(C)(C)c1cn(-c2ccc3c(c2)CCCN3)cn1. The molecule has 0 saturated carbocycles. The number of nitrogens with one attached hydrogen (secondary N) is 1. The van der Waals surface area contributed by atoms with Gasteiger partial charge in [0.2, 0.25) is 0 Å². The molecular weight excluding hydrogens is 234 g/mol. The maximum atomic E-state index is 4.52.